The van der Waals surface area contributed by atoms with E-state index in [0.29, 0.717) is 17.9 Å². The molecule has 12 heteroatoms. The Labute approximate surface area is 279 Å². The molecule has 3 rings (SSSR count). The number of halogens is 2. The van der Waals surface area contributed by atoms with Crippen LogP contribution in [0, 0.1) is 11.8 Å². The number of aliphatic hydroxyl groups is 2. The van der Waals surface area contributed by atoms with Crippen molar-refractivity contribution in [3.05, 3.63) is 102 Å². The second kappa shape index (κ2) is 18.1. The Hall–Kier alpha value is -4.55. The van der Waals surface area contributed by atoms with Crippen molar-refractivity contribution >= 4 is 17.9 Å². The highest BCUT2D eigenvalue weighted by Gasteiger charge is 2.51. The van der Waals surface area contributed by atoms with Crippen molar-refractivity contribution in [2.75, 3.05) is 6.61 Å². The zero-order valence-electron chi connectivity index (χ0n) is 27.6. The summed E-state index contributed by atoms with van der Waals surface area (Å²) < 4.78 is 42.1. The molecule has 0 aromatic heterocycles. The first-order chi connectivity index (χ1) is 22.8. The summed E-state index contributed by atoms with van der Waals surface area (Å²) in [6.45, 7) is 6.22. The monoisotopic (exact) mass is 669 g/mol. The van der Waals surface area contributed by atoms with E-state index in [1.54, 1.807) is 76.2 Å². The number of rotatable bonds is 17. The van der Waals surface area contributed by atoms with Crippen molar-refractivity contribution < 1.29 is 42.9 Å². The Bertz CT molecular complexity index is 1440. The predicted molar refractivity (Wildman–Crippen MR) is 176 cm³/mol. The number of alkyl halides is 2. The molecule has 0 heterocycles. The lowest BCUT2D eigenvalue weighted by Crippen LogP contribution is -2.62. The molecule has 3 amide bonds. The summed E-state index contributed by atoms with van der Waals surface area (Å²) >= 11 is 0. The van der Waals surface area contributed by atoms with Gasteiger partial charge in [-0.2, -0.15) is 8.78 Å². The summed E-state index contributed by atoms with van der Waals surface area (Å²) in [5.41, 5.74) is 2.12. The smallest absolute Gasteiger partial charge is 0.408 e. The van der Waals surface area contributed by atoms with Crippen molar-refractivity contribution in [2.45, 2.75) is 77.5 Å². The van der Waals surface area contributed by atoms with Crippen LogP contribution in [0.4, 0.5) is 13.6 Å². The Morgan fingerprint density at radius 2 is 1.29 bits per heavy atom. The molecule has 5 N–H and O–H groups in total. The average molecular weight is 670 g/mol. The molecule has 0 aliphatic heterocycles. The van der Waals surface area contributed by atoms with Gasteiger partial charge in [-0.05, 0) is 47.1 Å². The number of ether oxygens (including phenoxy) is 2. The van der Waals surface area contributed by atoms with E-state index in [2.05, 4.69) is 16.0 Å². The van der Waals surface area contributed by atoms with E-state index in [-0.39, 0.29) is 18.9 Å². The summed E-state index contributed by atoms with van der Waals surface area (Å²) in [7, 11) is 0. The number of carbonyl (C=O) groups is 3. The number of carbonyl (C=O) groups excluding carboxylic acids is 3. The Morgan fingerprint density at radius 3 is 1.81 bits per heavy atom. The molecule has 0 spiro atoms. The molecule has 0 aliphatic carbocycles. The highest BCUT2D eigenvalue weighted by Crippen LogP contribution is 2.25. The van der Waals surface area contributed by atoms with E-state index >= 15 is 8.78 Å². The van der Waals surface area contributed by atoms with E-state index in [1.807, 2.05) is 36.4 Å². The van der Waals surface area contributed by atoms with Crippen LogP contribution in [-0.4, -0.2) is 64.9 Å². The van der Waals surface area contributed by atoms with Gasteiger partial charge in [-0.25, -0.2) is 4.79 Å². The molecule has 0 saturated heterocycles. The third-order valence-electron chi connectivity index (χ3n) is 7.76. The summed E-state index contributed by atoms with van der Waals surface area (Å²) in [6, 6.07) is 20.9. The maximum absolute atomic E-state index is 15.5. The van der Waals surface area contributed by atoms with Crippen LogP contribution in [0.5, 0.6) is 5.75 Å². The van der Waals surface area contributed by atoms with Gasteiger partial charge in [0.1, 0.15) is 31.1 Å². The number of amides is 3. The van der Waals surface area contributed by atoms with Crippen molar-refractivity contribution in [3.8, 4) is 5.75 Å². The first-order valence-electron chi connectivity index (χ1n) is 15.8. The number of hydrogen-bond donors (Lipinski definition) is 5. The van der Waals surface area contributed by atoms with Gasteiger partial charge in [-0.3, -0.25) is 9.59 Å². The zero-order chi connectivity index (χ0) is 35.3. The molecule has 0 bridgehead atoms. The maximum Gasteiger partial charge on any atom is 0.408 e. The lowest BCUT2D eigenvalue weighted by Gasteiger charge is -2.32. The fraction of sp³-hybridized carbons (Fsp3) is 0.417. The first kappa shape index (κ1) is 37.9. The lowest BCUT2D eigenvalue weighted by molar-refractivity contribution is -0.169. The van der Waals surface area contributed by atoms with Crippen LogP contribution < -0.4 is 20.7 Å². The number of alkyl carbamates (subject to hydrolysis) is 1. The summed E-state index contributed by atoms with van der Waals surface area (Å²) in [6.07, 6.45) is -3.88. The van der Waals surface area contributed by atoms with Gasteiger partial charge in [0.2, 0.25) is 5.91 Å². The van der Waals surface area contributed by atoms with E-state index in [0.717, 1.165) is 11.1 Å². The topological polar surface area (TPSA) is 146 Å². The molecule has 0 fully saturated rings. The van der Waals surface area contributed by atoms with Crippen molar-refractivity contribution in [1.82, 2.24) is 16.0 Å². The minimum absolute atomic E-state index is 0.0575. The molecule has 10 nitrogen and oxygen atoms in total. The lowest BCUT2D eigenvalue weighted by atomic mass is 9.94. The summed E-state index contributed by atoms with van der Waals surface area (Å²) in [4.78, 5) is 38.8. The quantitative estimate of drug-likeness (QED) is 0.144. The Balaban J connectivity index is 1.79. The van der Waals surface area contributed by atoms with Gasteiger partial charge in [0.25, 0.3) is 5.91 Å². The van der Waals surface area contributed by atoms with Crippen LogP contribution in [0.2, 0.25) is 0 Å². The fourth-order valence-electron chi connectivity index (χ4n) is 4.73. The third-order valence-corrected chi connectivity index (χ3v) is 7.76. The second-order valence-corrected chi connectivity index (χ2v) is 12.2. The van der Waals surface area contributed by atoms with E-state index < -0.39 is 60.6 Å². The molecule has 260 valence electrons. The van der Waals surface area contributed by atoms with Crippen LogP contribution in [0.15, 0.2) is 84.9 Å². The standard InChI is InChI=1S/C36H45F2N3O7/c1-23(2)30(20-42)40-34(45)36(37,38)32(43)29(19-25-15-17-28(18-16-25)47-21-26-11-7-5-8-12-26)39-33(44)31(24(3)4)41-35(46)48-22-27-13-9-6-10-14-27/h5-18,23-24,29-32,42-43H,19-22H2,1-4H3,(H,39,44)(H,40,45)(H,41,46)/t29?,30-,31+,32?/m1/s1. The van der Waals surface area contributed by atoms with Gasteiger partial charge in [-0.1, -0.05) is 100 Å². The highest BCUT2D eigenvalue weighted by atomic mass is 19.3. The molecular weight excluding hydrogens is 624 g/mol. The number of aliphatic hydroxyl groups excluding tert-OH is 2. The largest absolute Gasteiger partial charge is 0.489 e. The number of nitrogens with one attached hydrogen (secondary N) is 3. The predicted octanol–water partition coefficient (Wildman–Crippen LogP) is 4.37. The molecule has 0 aliphatic rings. The van der Waals surface area contributed by atoms with E-state index in [1.165, 1.54) is 0 Å². The van der Waals surface area contributed by atoms with Crippen LogP contribution in [-0.2, 0) is 34.0 Å². The molecule has 0 radical (unpaired) electrons. The molecule has 0 saturated carbocycles. The van der Waals surface area contributed by atoms with Gasteiger partial charge in [0.15, 0.2) is 0 Å². The minimum atomic E-state index is -4.37. The number of hydrogen-bond acceptors (Lipinski definition) is 7. The maximum atomic E-state index is 15.5. The molecular formula is C36H45F2N3O7. The summed E-state index contributed by atoms with van der Waals surface area (Å²) in [5.74, 6) is -7.39. The van der Waals surface area contributed by atoms with Gasteiger partial charge in [0, 0.05) is 0 Å². The Morgan fingerprint density at radius 1 is 0.729 bits per heavy atom. The van der Waals surface area contributed by atoms with Crippen LogP contribution in [0.25, 0.3) is 0 Å². The Kier molecular flexibility index (Phi) is 14.3. The fourth-order valence-corrected chi connectivity index (χ4v) is 4.73. The van der Waals surface area contributed by atoms with Crippen molar-refractivity contribution in [3.63, 3.8) is 0 Å². The van der Waals surface area contributed by atoms with E-state index in [4.69, 9.17) is 9.47 Å². The van der Waals surface area contributed by atoms with Crippen molar-refractivity contribution in [1.29, 1.82) is 0 Å². The normalized spacial score (nSPS) is 14.0. The van der Waals surface area contributed by atoms with Gasteiger partial charge < -0.3 is 35.6 Å². The minimum Gasteiger partial charge on any atom is -0.489 e. The van der Waals surface area contributed by atoms with Crippen LogP contribution in [0.1, 0.15) is 44.4 Å². The summed E-state index contributed by atoms with van der Waals surface area (Å²) in [5, 5.41) is 27.5. The zero-order valence-corrected chi connectivity index (χ0v) is 27.6. The molecule has 4 atom stereocenters. The molecule has 2 unspecified atom stereocenters. The van der Waals surface area contributed by atoms with Crippen LogP contribution in [0.3, 0.4) is 0 Å². The third kappa shape index (κ3) is 11.3. The number of benzene rings is 3. The highest BCUT2D eigenvalue weighted by molar-refractivity contribution is 5.87. The van der Waals surface area contributed by atoms with Gasteiger partial charge in [0.05, 0.1) is 18.7 Å². The van der Waals surface area contributed by atoms with E-state index in [9.17, 15) is 24.6 Å². The van der Waals surface area contributed by atoms with Crippen LogP contribution >= 0.6 is 0 Å². The first-order valence-corrected chi connectivity index (χ1v) is 15.8. The average Bonchev–Trinajstić information content (AvgIpc) is 3.08. The molecule has 48 heavy (non-hydrogen) atoms. The van der Waals surface area contributed by atoms with Gasteiger partial charge in [-0.15, -0.1) is 0 Å². The SMILES string of the molecule is CC(C)[C@H](NC(=O)OCc1ccccc1)C(=O)NC(Cc1ccc(OCc2ccccc2)cc1)C(O)C(F)(F)C(=O)N[C@H](CO)C(C)C. The van der Waals surface area contributed by atoms with Gasteiger partial charge >= 0.3 is 12.0 Å². The van der Waals surface area contributed by atoms with Crippen molar-refractivity contribution in [2.24, 2.45) is 11.8 Å². The molecule has 3 aromatic carbocycles. The molecule has 3 aromatic rings. The second-order valence-electron chi connectivity index (χ2n) is 12.2.